The number of nitrogens with two attached hydrogens (primary N) is 1. The fourth-order valence-electron chi connectivity index (χ4n) is 8.65. The fourth-order valence-corrected chi connectivity index (χ4v) is 9.21. The first-order valence-electron chi connectivity index (χ1n) is 21.1. The molecule has 4 N–H and O–H groups in total. The van der Waals surface area contributed by atoms with Crippen LogP contribution in [0.15, 0.2) is 55.0 Å². The number of imide groups is 2. The van der Waals surface area contributed by atoms with E-state index in [4.69, 9.17) is 33.7 Å². The number of benzene rings is 2. The Labute approximate surface area is 368 Å². The zero-order chi connectivity index (χ0) is 43.5. The SMILES string of the molecule is Nc1ncc(-c2cnn(C3CCN(CCCCCC(=O)N4CC(CNc5cccc6c5C(=O)N([C@@H]5CCC(=O)NC5=O)C6=O)C4)CC3)c2)cc1OCCc1c(Cl)ccc(F)c1Cl. The van der Waals surface area contributed by atoms with Crippen LogP contribution in [-0.2, 0) is 20.8 Å². The van der Waals surface area contributed by atoms with Crippen molar-refractivity contribution in [3.05, 3.63) is 87.5 Å². The van der Waals surface area contributed by atoms with Gasteiger partial charge >= 0.3 is 0 Å². The second kappa shape index (κ2) is 18.8. The molecular formula is C44H48Cl2FN9O6. The average molecular weight is 889 g/mol. The van der Waals surface area contributed by atoms with Gasteiger partial charge in [-0.15, -0.1) is 0 Å². The van der Waals surface area contributed by atoms with Gasteiger partial charge in [0.15, 0.2) is 11.6 Å². The Morgan fingerprint density at radius 3 is 2.58 bits per heavy atom. The summed E-state index contributed by atoms with van der Waals surface area (Å²) in [5.74, 6) is -1.67. The number of anilines is 2. The summed E-state index contributed by atoms with van der Waals surface area (Å²) in [5, 5.41) is 10.5. The fraction of sp³-hybridized carbons (Fsp3) is 0.432. The van der Waals surface area contributed by atoms with Gasteiger partial charge in [0.1, 0.15) is 11.9 Å². The number of aromatic nitrogens is 3. The Morgan fingerprint density at radius 2 is 1.79 bits per heavy atom. The van der Waals surface area contributed by atoms with E-state index in [2.05, 4.69) is 25.6 Å². The largest absolute Gasteiger partial charge is 0.489 e. The molecule has 0 radical (unpaired) electrons. The van der Waals surface area contributed by atoms with Crippen LogP contribution in [0.3, 0.4) is 0 Å². The Balaban J connectivity index is 0.711. The Kier molecular flexibility index (Phi) is 13.1. The Bertz CT molecular complexity index is 2380. The number of amides is 5. The summed E-state index contributed by atoms with van der Waals surface area (Å²) in [7, 11) is 0. The predicted octanol–water partition coefficient (Wildman–Crippen LogP) is 5.76. The summed E-state index contributed by atoms with van der Waals surface area (Å²) in [6.07, 6.45) is 11.3. The minimum absolute atomic E-state index is 0.0186. The number of pyridine rings is 1. The minimum atomic E-state index is -1.02. The minimum Gasteiger partial charge on any atom is -0.489 e. The van der Waals surface area contributed by atoms with E-state index in [1.807, 2.05) is 28.0 Å². The molecule has 18 heteroatoms. The highest BCUT2D eigenvalue weighted by atomic mass is 35.5. The zero-order valence-electron chi connectivity index (χ0n) is 34.1. The number of likely N-dealkylation sites (tertiary alicyclic amines) is 2. The van der Waals surface area contributed by atoms with Crippen molar-refractivity contribution in [2.24, 2.45) is 5.92 Å². The zero-order valence-corrected chi connectivity index (χ0v) is 35.6. The van der Waals surface area contributed by atoms with Gasteiger partial charge in [0.05, 0.1) is 35.0 Å². The van der Waals surface area contributed by atoms with Crippen LogP contribution < -0.4 is 21.1 Å². The van der Waals surface area contributed by atoms with Crippen LogP contribution in [0.25, 0.3) is 11.1 Å². The third kappa shape index (κ3) is 9.27. The van der Waals surface area contributed by atoms with Crippen molar-refractivity contribution in [1.29, 1.82) is 0 Å². The van der Waals surface area contributed by atoms with Crippen molar-refractivity contribution in [3.63, 3.8) is 0 Å². The summed E-state index contributed by atoms with van der Waals surface area (Å²) < 4.78 is 21.9. The maximum atomic E-state index is 13.9. The summed E-state index contributed by atoms with van der Waals surface area (Å²) >= 11 is 12.3. The van der Waals surface area contributed by atoms with Gasteiger partial charge in [-0.1, -0.05) is 35.7 Å². The third-order valence-corrected chi connectivity index (χ3v) is 13.0. The molecule has 0 spiro atoms. The van der Waals surface area contributed by atoms with Gasteiger partial charge in [0.25, 0.3) is 11.8 Å². The number of rotatable bonds is 16. The molecule has 4 aliphatic rings. The highest BCUT2D eigenvalue weighted by molar-refractivity contribution is 6.36. The molecule has 5 amide bonds. The van der Waals surface area contributed by atoms with E-state index in [0.29, 0.717) is 54.5 Å². The molecule has 8 rings (SSSR count). The highest BCUT2D eigenvalue weighted by Crippen LogP contribution is 2.34. The molecule has 1 atom stereocenters. The van der Waals surface area contributed by atoms with Crippen molar-refractivity contribution >= 4 is 64.2 Å². The van der Waals surface area contributed by atoms with E-state index in [9.17, 15) is 28.4 Å². The average Bonchev–Trinajstić information content (AvgIpc) is 3.84. The van der Waals surface area contributed by atoms with Gasteiger partial charge in [-0.2, -0.15) is 5.10 Å². The van der Waals surface area contributed by atoms with Gasteiger partial charge in [0, 0.05) is 92.1 Å². The second-order valence-corrected chi connectivity index (χ2v) is 17.1. The van der Waals surface area contributed by atoms with Crippen LogP contribution in [0.1, 0.15) is 83.7 Å². The molecule has 0 unspecified atom stereocenters. The number of halogens is 3. The molecule has 15 nitrogen and oxygen atoms in total. The number of fused-ring (bicyclic) bond motifs is 1. The second-order valence-electron chi connectivity index (χ2n) is 16.3. The molecule has 62 heavy (non-hydrogen) atoms. The van der Waals surface area contributed by atoms with Gasteiger partial charge in [-0.25, -0.2) is 9.37 Å². The number of ether oxygens (including phenoxy) is 1. The molecule has 0 saturated carbocycles. The molecule has 3 fully saturated rings. The maximum absolute atomic E-state index is 13.9. The van der Waals surface area contributed by atoms with Gasteiger partial charge in [0.2, 0.25) is 17.7 Å². The van der Waals surface area contributed by atoms with Crippen molar-refractivity contribution in [2.45, 2.75) is 69.9 Å². The summed E-state index contributed by atoms with van der Waals surface area (Å²) in [5.41, 5.74) is 9.27. The smallest absolute Gasteiger partial charge is 0.264 e. The van der Waals surface area contributed by atoms with E-state index in [1.165, 1.54) is 12.1 Å². The van der Waals surface area contributed by atoms with Gasteiger partial charge < -0.3 is 25.6 Å². The lowest BCUT2D eigenvalue weighted by Gasteiger charge is -2.39. The van der Waals surface area contributed by atoms with Crippen molar-refractivity contribution < 1.29 is 33.1 Å². The van der Waals surface area contributed by atoms with E-state index in [-0.39, 0.29) is 59.3 Å². The van der Waals surface area contributed by atoms with Crippen LogP contribution in [0.5, 0.6) is 5.75 Å². The van der Waals surface area contributed by atoms with Crippen molar-refractivity contribution in [2.75, 3.05) is 56.9 Å². The number of hydrogen-bond donors (Lipinski definition) is 3. The molecule has 4 aliphatic heterocycles. The molecule has 4 aromatic rings. The number of nitrogen functional groups attached to an aromatic ring is 1. The summed E-state index contributed by atoms with van der Waals surface area (Å²) in [4.78, 5) is 73.1. The topological polar surface area (TPSA) is 185 Å². The molecular weight excluding hydrogens is 840 g/mol. The molecule has 6 heterocycles. The lowest BCUT2D eigenvalue weighted by Crippen LogP contribution is -2.54. The highest BCUT2D eigenvalue weighted by Gasteiger charge is 2.45. The number of nitrogens with one attached hydrogen (secondary N) is 2. The van der Waals surface area contributed by atoms with Crippen LogP contribution in [0.2, 0.25) is 10.0 Å². The lowest BCUT2D eigenvalue weighted by atomic mass is 9.98. The molecule has 0 aliphatic carbocycles. The first-order valence-corrected chi connectivity index (χ1v) is 21.8. The van der Waals surface area contributed by atoms with Crippen LogP contribution in [-0.4, -0.2) is 111 Å². The first kappa shape index (κ1) is 43.1. The number of hydrogen-bond acceptors (Lipinski definition) is 11. The van der Waals surface area contributed by atoms with E-state index in [1.54, 1.807) is 24.4 Å². The van der Waals surface area contributed by atoms with Crippen LogP contribution in [0.4, 0.5) is 15.9 Å². The quantitative estimate of drug-likeness (QED) is 0.0706. The summed E-state index contributed by atoms with van der Waals surface area (Å²) in [6, 6.07) is 8.79. The van der Waals surface area contributed by atoms with E-state index in [0.717, 1.165) is 67.8 Å². The predicted molar refractivity (Wildman–Crippen MR) is 230 cm³/mol. The molecule has 2 aromatic carbocycles. The Hall–Kier alpha value is -5.58. The maximum Gasteiger partial charge on any atom is 0.264 e. The van der Waals surface area contributed by atoms with Crippen LogP contribution >= 0.6 is 23.2 Å². The van der Waals surface area contributed by atoms with Crippen molar-refractivity contribution in [1.82, 2.24) is 34.8 Å². The molecule has 3 saturated heterocycles. The number of unbranched alkanes of at least 4 members (excludes halogenated alkanes) is 2. The van der Waals surface area contributed by atoms with E-state index >= 15 is 0 Å². The number of carbonyl (C=O) groups excluding carboxylic acids is 5. The van der Waals surface area contributed by atoms with Crippen LogP contribution in [0, 0.1) is 11.7 Å². The van der Waals surface area contributed by atoms with Gasteiger partial charge in [-0.3, -0.25) is 38.9 Å². The number of nitrogens with zero attached hydrogens (tertiary/aromatic N) is 6. The first-order chi connectivity index (χ1) is 29.9. The number of carbonyl (C=O) groups is 5. The Morgan fingerprint density at radius 1 is 0.984 bits per heavy atom. The normalized spacial score (nSPS) is 18.5. The summed E-state index contributed by atoms with van der Waals surface area (Å²) in [6.45, 7) is 4.89. The lowest BCUT2D eigenvalue weighted by molar-refractivity contribution is -0.137. The third-order valence-electron chi connectivity index (χ3n) is 12.2. The van der Waals surface area contributed by atoms with E-state index < -0.39 is 35.5 Å². The molecule has 326 valence electrons. The monoisotopic (exact) mass is 887 g/mol. The standard InChI is InChI=1S/C44H48Cl2FN9O6/c45-32-8-9-33(47)40(46)30(32)14-18-62-36-19-27(21-50-41(36)48)28-22-51-55(25-28)29-12-16-53(17-13-29)15-3-1-2-7-38(58)54-23-26(24-54)20-49-34-6-4-5-31-39(34)44(61)56(43(31)60)35-10-11-37(57)52-42(35)59/h4-6,8-9,19,21-22,25-26,29,35,49H,1-3,7,10-18,20,23-24H2,(H2,48,50)(H,52,57,59)/t35-/m1/s1. The molecule has 0 bridgehead atoms. The molecule has 2 aromatic heterocycles. The van der Waals surface area contributed by atoms with Crippen molar-refractivity contribution in [3.8, 4) is 16.9 Å². The number of piperidine rings is 2. The van der Waals surface area contributed by atoms with Gasteiger partial charge in [-0.05, 0) is 74.5 Å².